The van der Waals surface area contributed by atoms with Crippen molar-refractivity contribution in [1.82, 2.24) is 10.2 Å². The van der Waals surface area contributed by atoms with E-state index in [1.807, 2.05) is 36.9 Å². The predicted molar refractivity (Wildman–Crippen MR) is 136 cm³/mol. The zero-order chi connectivity index (χ0) is 26.5. The zero-order valence-corrected chi connectivity index (χ0v) is 21.1. The van der Waals surface area contributed by atoms with E-state index in [9.17, 15) is 24.3 Å². The summed E-state index contributed by atoms with van der Waals surface area (Å²) in [5.74, 6) is -2.22. The summed E-state index contributed by atoms with van der Waals surface area (Å²) < 4.78 is 34.3. The largest absolute Gasteiger partial charge is 0.494 e. The fraction of sp³-hybridized carbons (Fsp3) is 0.480. The summed E-state index contributed by atoms with van der Waals surface area (Å²) in [5, 5.41) is 31.9. The molecule has 0 fully saturated rings. The molecule has 11 heteroatoms. The van der Waals surface area contributed by atoms with Crippen molar-refractivity contribution in [2.75, 3.05) is 13.1 Å². The second-order valence-corrected chi connectivity index (χ2v) is 9.91. The maximum atomic E-state index is 15.0. The van der Waals surface area contributed by atoms with Crippen molar-refractivity contribution in [3.63, 3.8) is 0 Å². The summed E-state index contributed by atoms with van der Waals surface area (Å²) in [4.78, 5) is 14.7. The van der Waals surface area contributed by atoms with Crippen LogP contribution in [0.25, 0.3) is 0 Å². The van der Waals surface area contributed by atoms with Crippen molar-refractivity contribution in [2.45, 2.75) is 65.1 Å². The van der Waals surface area contributed by atoms with Crippen LogP contribution in [0.3, 0.4) is 0 Å². The number of rotatable bonds is 12. The van der Waals surface area contributed by atoms with Crippen LogP contribution in [-0.4, -0.2) is 58.7 Å². The Hall–Kier alpha value is -2.30. The third kappa shape index (κ3) is 6.92. The molecule has 0 atom stereocenters. The highest BCUT2D eigenvalue weighted by molar-refractivity contribution is 6.61. The highest BCUT2D eigenvalue weighted by atomic mass is 19.1. The monoisotopic (exact) mass is 502 g/mol. The Morgan fingerprint density at radius 2 is 1.97 bits per heavy atom. The first-order valence-electron chi connectivity index (χ1n) is 12.3. The molecule has 0 unspecified atom stereocenters. The van der Waals surface area contributed by atoms with Gasteiger partial charge in [-0.05, 0) is 54.9 Å². The minimum Gasteiger partial charge on any atom is -0.423 e. The number of unbranched alkanes of at least 4 members (excludes halogenated alkanes) is 2. The Bertz CT molecular complexity index is 1070. The topological polar surface area (TPSA) is 102 Å². The Kier molecular flexibility index (Phi) is 9.66. The van der Waals surface area contributed by atoms with Gasteiger partial charge in [-0.3, -0.25) is 9.69 Å². The zero-order valence-electron chi connectivity index (χ0n) is 21.1. The third-order valence-electron chi connectivity index (χ3n) is 6.63. The van der Waals surface area contributed by atoms with E-state index in [0.29, 0.717) is 25.2 Å². The molecule has 0 aromatic heterocycles. The van der Waals surface area contributed by atoms with Crippen LogP contribution in [-0.2, 0) is 29.0 Å². The molecule has 0 spiro atoms. The Labute approximate surface area is 211 Å². The molecule has 0 bridgehead atoms. The first kappa shape index (κ1) is 28.3. The molecule has 3 rings (SSSR count). The number of carbonyl (C=O) groups excluding carboxylic acids is 1. The molecular weight excluding hydrogens is 468 g/mol. The minimum absolute atomic E-state index is 0.0353. The van der Waals surface area contributed by atoms with E-state index < -0.39 is 36.9 Å². The quantitative estimate of drug-likeness (QED) is 0.255. The lowest BCUT2D eigenvalue weighted by atomic mass is 9.77. The number of carbonyl (C=O) groups is 1. The van der Waals surface area contributed by atoms with Crippen molar-refractivity contribution in [1.29, 1.82) is 0 Å². The van der Waals surface area contributed by atoms with Gasteiger partial charge in [0.25, 0.3) is 0 Å². The molecule has 1 aliphatic rings. The number of nitrogens with zero attached hydrogens (tertiary/aromatic N) is 1. The molecule has 0 aliphatic carbocycles. The second kappa shape index (κ2) is 12.3. The third-order valence-corrected chi connectivity index (χ3v) is 6.63. The van der Waals surface area contributed by atoms with Gasteiger partial charge in [0.1, 0.15) is 11.6 Å². The molecule has 0 saturated heterocycles. The highest BCUT2D eigenvalue weighted by Crippen LogP contribution is 2.25. The lowest BCUT2D eigenvalue weighted by molar-refractivity contribution is -0.123. The molecule has 2 aromatic carbocycles. The average molecular weight is 502 g/mol. The molecule has 194 valence electrons. The Morgan fingerprint density at radius 1 is 1.22 bits per heavy atom. The normalized spacial score (nSPS) is 13.3. The van der Waals surface area contributed by atoms with E-state index >= 15 is 4.39 Å². The van der Waals surface area contributed by atoms with Gasteiger partial charge < -0.3 is 25.0 Å². The van der Waals surface area contributed by atoms with Gasteiger partial charge in [0, 0.05) is 18.6 Å². The summed E-state index contributed by atoms with van der Waals surface area (Å²) >= 11 is 0. The van der Waals surface area contributed by atoms with Crippen molar-refractivity contribution in [3.05, 3.63) is 58.7 Å². The maximum Gasteiger partial charge on any atom is 0.494 e. The summed E-state index contributed by atoms with van der Waals surface area (Å²) in [7, 11) is -3.28. The molecule has 1 heterocycles. The smallest absolute Gasteiger partial charge is 0.423 e. The van der Waals surface area contributed by atoms with Gasteiger partial charge in [0.05, 0.1) is 18.6 Å². The van der Waals surface area contributed by atoms with Crippen LogP contribution in [0.2, 0.25) is 0 Å². The molecule has 1 amide bonds. The van der Waals surface area contributed by atoms with Crippen LogP contribution in [0, 0.1) is 11.6 Å². The van der Waals surface area contributed by atoms with Gasteiger partial charge in [-0.25, -0.2) is 8.78 Å². The maximum absolute atomic E-state index is 15.0. The van der Waals surface area contributed by atoms with Crippen molar-refractivity contribution in [2.24, 2.45) is 0 Å². The molecule has 36 heavy (non-hydrogen) atoms. The van der Waals surface area contributed by atoms with Gasteiger partial charge in [0.2, 0.25) is 5.91 Å². The van der Waals surface area contributed by atoms with E-state index in [-0.39, 0.29) is 24.4 Å². The van der Waals surface area contributed by atoms with E-state index in [0.717, 1.165) is 36.5 Å². The average Bonchev–Trinajstić information content (AvgIpc) is 3.18. The molecular formula is C25H34B2F2N2O5. The van der Waals surface area contributed by atoms with Crippen molar-refractivity contribution >= 4 is 31.1 Å². The number of nitrogens with one attached hydrogen (secondary N) is 1. The van der Waals surface area contributed by atoms with Crippen LogP contribution in [0.4, 0.5) is 8.78 Å². The van der Waals surface area contributed by atoms with E-state index in [1.54, 1.807) is 0 Å². The number of fused-ring (bicyclic) bond motifs is 1. The number of halogens is 2. The second-order valence-electron chi connectivity index (χ2n) is 9.91. The summed E-state index contributed by atoms with van der Waals surface area (Å²) in [6.07, 6.45) is 3.01. The van der Waals surface area contributed by atoms with Gasteiger partial charge >= 0.3 is 14.2 Å². The lowest BCUT2D eigenvalue weighted by Gasteiger charge is -2.39. The summed E-state index contributed by atoms with van der Waals surface area (Å²) in [5.41, 5.74) is 0.947. The predicted octanol–water partition coefficient (Wildman–Crippen LogP) is 0.992. The van der Waals surface area contributed by atoms with Gasteiger partial charge in [-0.2, -0.15) is 0 Å². The standard InChI is InChI=1S/C25H34B2F2N2O5/c1-4-5-6-11-30-22(32)15-31(14-17-7-8-19-16-36-27(35)20(19)12-17)25(2,3)13-18-9-10-21(28)23(24(18)29)26(33)34/h7-10,12,33-35H,4-6,11,13-16H2,1-3H3,(H,30,32). The number of amides is 1. The number of hydrogen-bond acceptors (Lipinski definition) is 6. The number of hydrogen-bond donors (Lipinski definition) is 4. The van der Waals surface area contributed by atoms with Crippen molar-refractivity contribution < 1.29 is 33.3 Å². The highest BCUT2D eigenvalue weighted by Gasteiger charge is 2.33. The Balaban J connectivity index is 1.85. The van der Waals surface area contributed by atoms with Gasteiger partial charge in [-0.15, -0.1) is 0 Å². The molecule has 0 saturated carbocycles. The van der Waals surface area contributed by atoms with Crippen LogP contribution < -0.4 is 16.2 Å². The fourth-order valence-electron chi connectivity index (χ4n) is 4.46. The van der Waals surface area contributed by atoms with Crippen LogP contribution in [0.5, 0.6) is 0 Å². The van der Waals surface area contributed by atoms with Crippen molar-refractivity contribution in [3.8, 4) is 0 Å². The van der Waals surface area contributed by atoms with Crippen LogP contribution in [0.15, 0.2) is 30.3 Å². The lowest BCUT2D eigenvalue weighted by Crippen LogP contribution is -2.50. The first-order valence-corrected chi connectivity index (χ1v) is 12.3. The van der Waals surface area contributed by atoms with E-state index in [4.69, 9.17) is 4.65 Å². The van der Waals surface area contributed by atoms with Crippen LogP contribution >= 0.6 is 0 Å². The fourth-order valence-corrected chi connectivity index (χ4v) is 4.46. The first-order chi connectivity index (χ1) is 17.0. The number of benzene rings is 2. The molecule has 4 N–H and O–H groups in total. The molecule has 2 aromatic rings. The van der Waals surface area contributed by atoms with Gasteiger partial charge in [-0.1, -0.05) is 44.0 Å². The molecule has 7 nitrogen and oxygen atoms in total. The molecule has 1 aliphatic heterocycles. The minimum atomic E-state index is -2.28. The summed E-state index contributed by atoms with van der Waals surface area (Å²) in [6.45, 7) is 7.03. The van der Waals surface area contributed by atoms with Gasteiger partial charge in [0.15, 0.2) is 0 Å². The van der Waals surface area contributed by atoms with E-state index in [1.165, 1.54) is 6.07 Å². The SMILES string of the molecule is CCCCCNC(=O)CN(Cc1ccc2c(c1)B(O)OC2)C(C)(C)Cc1ccc(F)c(B(O)O)c1F. The summed E-state index contributed by atoms with van der Waals surface area (Å²) in [6, 6.07) is 7.92. The molecule has 0 radical (unpaired) electrons. The van der Waals surface area contributed by atoms with E-state index in [2.05, 4.69) is 12.2 Å². The van der Waals surface area contributed by atoms with Crippen LogP contribution in [0.1, 0.15) is 56.7 Å². The Morgan fingerprint density at radius 3 is 2.67 bits per heavy atom.